The van der Waals surface area contributed by atoms with Gasteiger partial charge in [-0.15, -0.1) is 11.8 Å². The van der Waals surface area contributed by atoms with E-state index in [0.717, 1.165) is 4.90 Å². The summed E-state index contributed by atoms with van der Waals surface area (Å²) in [7, 11) is 1.69. The quantitative estimate of drug-likeness (QED) is 0.810. The third kappa shape index (κ3) is 4.79. The summed E-state index contributed by atoms with van der Waals surface area (Å²) in [4.78, 5) is 14.1. The molecule has 0 radical (unpaired) electrons. The van der Waals surface area contributed by atoms with Crippen molar-refractivity contribution in [3.05, 3.63) is 24.3 Å². The van der Waals surface area contributed by atoms with Crippen molar-refractivity contribution in [1.82, 2.24) is 4.90 Å². The van der Waals surface area contributed by atoms with Gasteiger partial charge >= 0.3 is 0 Å². The molecule has 4 nitrogen and oxygen atoms in total. The number of hydrogen-bond donors (Lipinski definition) is 1. The maximum absolute atomic E-state index is 11.6. The Morgan fingerprint density at radius 3 is 2.71 bits per heavy atom. The van der Waals surface area contributed by atoms with Gasteiger partial charge in [-0.1, -0.05) is 0 Å². The first-order chi connectivity index (χ1) is 8.13. The highest BCUT2D eigenvalue weighted by Gasteiger charge is 2.08. The van der Waals surface area contributed by atoms with Gasteiger partial charge in [-0.2, -0.15) is 5.26 Å². The first-order valence-electron chi connectivity index (χ1n) is 5.16. The Kier molecular flexibility index (Phi) is 5.37. The van der Waals surface area contributed by atoms with Gasteiger partial charge in [-0.05, 0) is 24.3 Å². The second kappa shape index (κ2) is 6.81. The predicted molar refractivity (Wildman–Crippen MR) is 66.7 cm³/mol. The first-order valence-corrected chi connectivity index (χ1v) is 6.15. The van der Waals surface area contributed by atoms with Crippen LogP contribution in [0, 0.1) is 11.3 Å². The van der Waals surface area contributed by atoms with E-state index in [9.17, 15) is 4.79 Å². The maximum atomic E-state index is 11.6. The summed E-state index contributed by atoms with van der Waals surface area (Å²) in [5.74, 6) is 0.553. The summed E-state index contributed by atoms with van der Waals surface area (Å²) in [5.41, 5.74) is 0. The number of phenolic OH excluding ortho intramolecular Hbond substituents is 1. The Balaban J connectivity index is 2.37. The zero-order chi connectivity index (χ0) is 12.7. The number of carbonyl (C=O) groups excluding carboxylic acids is 1. The number of phenols is 1. The Morgan fingerprint density at radius 1 is 1.47 bits per heavy atom. The largest absolute Gasteiger partial charge is 0.508 e. The third-order valence-electron chi connectivity index (χ3n) is 2.18. The number of nitrogens with zero attached hydrogens (tertiary/aromatic N) is 2. The van der Waals surface area contributed by atoms with E-state index >= 15 is 0 Å². The van der Waals surface area contributed by atoms with Gasteiger partial charge < -0.3 is 10.0 Å². The molecule has 0 aliphatic carbocycles. The van der Waals surface area contributed by atoms with Gasteiger partial charge in [0.15, 0.2) is 0 Å². The summed E-state index contributed by atoms with van der Waals surface area (Å²) < 4.78 is 0. The van der Waals surface area contributed by atoms with Crippen LogP contribution in [0.2, 0.25) is 0 Å². The highest BCUT2D eigenvalue weighted by atomic mass is 32.2. The molecule has 1 aromatic rings. The van der Waals surface area contributed by atoms with Crippen molar-refractivity contribution < 1.29 is 9.90 Å². The molecule has 0 atom stereocenters. The van der Waals surface area contributed by atoms with Gasteiger partial charge in [0.05, 0.1) is 18.2 Å². The Morgan fingerprint density at radius 2 is 2.12 bits per heavy atom. The maximum Gasteiger partial charge on any atom is 0.232 e. The number of carbonyl (C=O) groups is 1. The molecule has 1 N–H and O–H groups in total. The molecule has 0 saturated heterocycles. The molecule has 0 fully saturated rings. The van der Waals surface area contributed by atoms with E-state index in [1.807, 2.05) is 6.07 Å². The zero-order valence-corrected chi connectivity index (χ0v) is 10.4. The van der Waals surface area contributed by atoms with Crippen LogP contribution in [0.15, 0.2) is 29.2 Å². The highest BCUT2D eigenvalue weighted by molar-refractivity contribution is 8.00. The van der Waals surface area contributed by atoms with Crippen molar-refractivity contribution in [2.75, 3.05) is 19.3 Å². The van der Waals surface area contributed by atoms with Crippen LogP contribution in [0.4, 0.5) is 0 Å². The normalized spacial score (nSPS) is 9.65. The van der Waals surface area contributed by atoms with E-state index in [4.69, 9.17) is 10.4 Å². The van der Waals surface area contributed by atoms with E-state index in [1.54, 1.807) is 36.2 Å². The van der Waals surface area contributed by atoms with Gasteiger partial charge in [0.1, 0.15) is 5.75 Å². The number of benzene rings is 1. The molecule has 5 heteroatoms. The minimum atomic E-state index is -0.00155. The van der Waals surface area contributed by atoms with Crippen LogP contribution >= 0.6 is 11.8 Å². The molecule has 0 aromatic heterocycles. The van der Waals surface area contributed by atoms with Crippen LogP contribution < -0.4 is 0 Å². The number of hydrogen-bond acceptors (Lipinski definition) is 4. The molecule has 0 unspecified atom stereocenters. The molecule has 1 aromatic carbocycles. The fourth-order valence-corrected chi connectivity index (χ4v) is 1.98. The Hall–Kier alpha value is -1.67. The lowest BCUT2D eigenvalue weighted by Crippen LogP contribution is -2.29. The number of aromatic hydroxyl groups is 1. The SMILES string of the molecule is CN(CCC#N)C(=O)CSc1ccc(O)cc1. The number of thioether (sulfide) groups is 1. The van der Waals surface area contributed by atoms with Gasteiger partial charge in [0.2, 0.25) is 5.91 Å². The lowest BCUT2D eigenvalue weighted by atomic mass is 10.3. The lowest BCUT2D eigenvalue weighted by Gasteiger charge is -2.14. The fourth-order valence-electron chi connectivity index (χ4n) is 1.14. The topological polar surface area (TPSA) is 64.3 Å². The average molecular weight is 250 g/mol. The van der Waals surface area contributed by atoms with Gasteiger partial charge in [-0.3, -0.25) is 4.79 Å². The molecule has 0 spiro atoms. The lowest BCUT2D eigenvalue weighted by molar-refractivity contribution is -0.127. The van der Waals surface area contributed by atoms with Crippen molar-refractivity contribution in [2.24, 2.45) is 0 Å². The third-order valence-corrected chi connectivity index (χ3v) is 3.18. The van der Waals surface area contributed by atoms with Crippen LogP contribution in [-0.4, -0.2) is 35.3 Å². The molecular formula is C12H14N2O2S. The number of amides is 1. The van der Waals surface area contributed by atoms with E-state index in [-0.39, 0.29) is 11.7 Å². The van der Waals surface area contributed by atoms with E-state index in [1.165, 1.54) is 11.8 Å². The molecule has 0 saturated carbocycles. The predicted octanol–water partition coefficient (Wildman–Crippen LogP) is 1.86. The zero-order valence-electron chi connectivity index (χ0n) is 9.59. The molecule has 0 aliphatic heterocycles. The van der Waals surface area contributed by atoms with Crippen LogP contribution in [0.1, 0.15) is 6.42 Å². The van der Waals surface area contributed by atoms with E-state index in [2.05, 4.69) is 0 Å². The second-order valence-electron chi connectivity index (χ2n) is 3.51. The van der Waals surface area contributed by atoms with Crippen molar-refractivity contribution in [2.45, 2.75) is 11.3 Å². The highest BCUT2D eigenvalue weighted by Crippen LogP contribution is 2.20. The molecule has 0 bridgehead atoms. The summed E-state index contributed by atoms with van der Waals surface area (Å²) in [5, 5.41) is 17.5. The molecule has 17 heavy (non-hydrogen) atoms. The monoisotopic (exact) mass is 250 g/mol. The van der Waals surface area contributed by atoms with E-state index in [0.29, 0.717) is 18.7 Å². The first kappa shape index (κ1) is 13.4. The van der Waals surface area contributed by atoms with Crippen molar-refractivity contribution >= 4 is 17.7 Å². The van der Waals surface area contributed by atoms with Crippen molar-refractivity contribution in [3.8, 4) is 11.8 Å². The Labute approximate surface area is 105 Å². The summed E-state index contributed by atoms with van der Waals surface area (Å²) in [6.07, 6.45) is 0.353. The second-order valence-corrected chi connectivity index (χ2v) is 4.55. The standard InChI is InChI=1S/C12H14N2O2S/c1-14(8-2-7-13)12(16)9-17-11-5-3-10(15)4-6-11/h3-6,15H,2,8-9H2,1H3. The van der Waals surface area contributed by atoms with Gasteiger partial charge in [0.25, 0.3) is 0 Å². The minimum absolute atomic E-state index is 0.00155. The summed E-state index contributed by atoms with van der Waals surface area (Å²) in [6.45, 7) is 0.464. The Bertz CT molecular complexity index is 412. The smallest absolute Gasteiger partial charge is 0.232 e. The van der Waals surface area contributed by atoms with Crippen LogP contribution in [0.5, 0.6) is 5.75 Å². The molecule has 1 amide bonds. The van der Waals surface area contributed by atoms with Gasteiger partial charge in [0, 0.05) is 18.5 Å². The average Bonchev–Trinajstić information content (AvgIpc) is 2.34. The van der Waals surface area contributed by atoms with E-state index < -0.39 is 0 Å². The number of rotatable bonds is 5. The van der Waals surface area contributed by atoms with Crippen molar-refractivity contribution in [3.63, 3.8) is 0 Å². The molecule has 0 heterocycles. The molecule has 90 valence electrons. The summed E-state index contributed by atoms with van der Waals surface area (Å²) >= 11 is 1.41. The number of nitriles is 1. The molecule has 0 aliphatic rings. The molecule has 1 rings (SSSR count). The fraction of sp³-hybridized carbons (Fsp3) is 0.333. The summed E-state index contributed by atoms with van der Waals surface area (Å²) in [6, 6.07) is 8.72. The van der Waals surface area contributed by atoms with Gasteiger partial charge in [-0.25, -0.2) is 0 Å². The molecular weight excluding hydrogens is 236 g/mol. The van der Waals surface area contributed by atoms with Crippen LogP contribution in [0.3, 0.4) is 0 Å². The van der Waals surface area contributed by atoms with Crippen LogP contribution in [0.25, 0.3) is 0 Å². The minimum Gasteiger partial charge on any atom is -0.508 e. The van der Waals surface area contributed by atoms with Crippen molar-refractivity contribution in [1.29, 1.82) is 5.26 Å². The van der Waals surface area contributed by atoms with Crippen LogP contribution in [-0.2, 0) is 4.79 Å².